The number of ether oxygens (including phenoxy) is 1. The van der Waals surface area contributed by atoms with Crippen LogP contribution >= 0.6 is 24.8 Å². The monoisotopic (exact) mass is 286 g/mol. The van der Waals surface area contributed by atoms with Crippen molar-refractivity contribution in [2.45, 2.75) is 19.8 Å². The minimum atomic E-state index is -0.0633. The van der Waals surface area contributed by atoms with Crippen molar-refractivity contribution in [3.05, 3.63) is 0 Å². The molecule has 1 heterocycles. The first-order valence-electron chi connectivity index (χ1n) is 5.79. The lowest BCUT2D eigenvalue weighted by Gasteiger charge is -2.32. The van der Waals surface area contributed by atoms with E-state index in [4.69, 9.17) is 4.74 Å². The molecule has 1 fully saturated rings. The molecule has 0 aromatic heterocycles. The molecule has 0 aliphatic carbocycles. The summed E-state index contributed by atoms with van der Waals surface area (Å²) in [5.74, 6) is -0.0633. The van der Waals surface area contributed by atoms with Gasteiger partial charge in [-0.25, -0.2) is 0 Å². The summed E-state index contributed by atoms with van der Waals surface area (Å²) in [6.07, 6.45) is 1.47. The molecule has 17 heavy (non-hydrogen) atoms. The van der Waals surface area contributed by atoms with Gasteiger partial charge in [0.15, 0.2) is 0 Å². The highest BCUT2D eigenvalue weighted by atomic mass is 35.5. The maximum Gasteiger partial charge on any atom is 0.305 e. The van der Waals surface area contributed by atoms with Crippen molar-refractivity contribution in [1.29, 1.82) is 0 Å². The number of carbonyl (C=O) groups excluding carboxylic acids is 1. The summed E-state index contributed by atoms with van der Waals surface area (Å²) in [6, 6.07) is 0. The number of rotatable bonds is 5. The predicted molar refractivity (Wildman–Crippen MR) is 74.3 cm³/mol. The summed E-state index contributed by atoms with van der Waals surface area (Å²) in [5, 5.41) is 0. The molecule has 0 saturated carbocycles. The molecule has 0 aromatic rings. The lowest BCUT2D eigenvalue weighted by molar-refractivity contribution is -0.143. The number of esters is 1. The second-order valence-electron chi connectivity index (χ2n) is 4.05. The Hall–Kier alpha value is -0.0300. The molecule has 1 rings (SSSR count). The van der Waals surface area contributed by atoms with E-state index in [1.165, 1.54) is 0 Å². The second kappa shape index (κ2) is 11.1. The maximum absolute atomic E-state index is 11.1. The van der Waals surface area contributed by atoms with Crippen molar-refractivity contribution in [3.8, 4) is 0 Å². The van der Waals surface area contributed by atoms with E-state index in [2.05, 4.69) is 16.8 Å². The first-order chi connectivity index (χ1) is 7.22. The molecule has 1 saturated heterocycles. The van der Waals surface area contributed by atoms with Gasteiger partial charge in [-0.3, -0.25) is 4.79 Å². The van der Waals surface area contributed by atoms with Crippen LogP contribution in [0.5, 0.6) is 0 Å². The largest absolute Gasteiger partial charge is 0.466 e. The number of hydrogen-bond donors (Lipinski definition) is 0. The second-order valence-corrected chi connectivity index (χ2v) is 4.05. The number of nitrogens with zero attached hydrogens (tertiary/aromatic N) is 2. The molecule has 0 spiro atoms. The van der Waals surface area contributed by atoms with Crippen LogP contribution in [-0.4, -0.2) is 62.1 Å². The number of likely N-dealkylation sites (N-methyl/N-ethyl adjacent to an activating group) is 1. The Kier molecular flexibility index (Phi) is 12.6. The van der Waals surface area contributed by atoms with Crippen LogP contribution in [0, 0.1) is 0 Å². The smallest absolute Gasteiger partial charge is 0.305 e. The molecular formula is C11H24Cl2N2O2. The third-order valence-corrected chi connectivity index (χ3v) is 2.76. The standard InChI is InChI=1S/C11H22N2O2.2ClH/c1-3-15-11(14)5-4-6-13-9-7-12(2)8-10-13;;/h3-10H2,1-2H3;2*1H. The van der Waals surface area contributed by atoms with Crippen LogP contribution < -0.4 is 0 Å². The van der Waals surface area contributed by atoms with Crippen molar-refractivity contribution in [3.63, 3.8) is 0 Å². The van der Waals surface area contributed by atoms with E-state index in [1.54, 1.807) is 0 Å². The van der Waals surface area contributed by atoms with Gasteiger partial charge >= 0.3 is 5.97 Å². The van der Waals surface area contributed by atoms with Crippen LogP contribution in [0.1, 0.15) is 19.8 Å². The fraction of sp³-hybridized carbons (Fsp3) is 0.909. The highest BCUT2D eigenvalue weighted by Gasteiger charge is 2.13. The van der Waals surface area contributed by atoms with E-state index < -0.39 is 0 Å². The molecule has 0 bridgehead atoms. The quantitative estimate of drug-likeness (QED) is 0.716. The number of carbonyl (C=O) groups is 1. The first-order valence-corrected chi connectivity index (χ1v) is 5.79. The topological polar surface area (TPSA) is 32.8 Å². The van der Waals surface area contributed by atoms with E-state index in [0.717, 1.165) is 39.1 Å². The molecule has 1 aliphatic rings. The lowest BCUT2D eigenvalue weighted by atomic mass is 10.2. The van der Waals surface area contributed by atoms with Gasteiger partial charge in [0.25, 0.3) is 0 Å². The minimum Gasteiger partial charge on any atom is -0.466 e. The normalized spacial score (nSPS) is 16.8. The van der Waals surface area contributed by atoms with Crippen molar-refractivity contribution in [2.75, 3.05) is 46.4 Å². The summed E-state index contributed by atoms with van der Waals surface area (Å²) in [5.41, 5.74) is 0. The summed E-state index contributed by atoms with van der Waals surface area (Å²) in [4.78, 5) is 15.8. The fourth-order valence-electron chi connectivity index (χ4n) is 1.75. The van der Waals surface area contributed by atoms with Gasteiger partial charge in [0.2, 0.25) is 0 Å². The molecule has 4 nitrogen and oxygen atoms in total. The summed E-state index contributed by atoms with van der Waals surface area (Å²) < 4.78 is 4.88. The van der Waals surface area contributed by atoms with Gasteiger partial charge < -0.3 is 14.5 Å². The third-order valence-electron chi connectivity index (χ3n) is 2.76. The zero-order chi connectivity index (χ0) is 11.1. The molecule has 1 aliphatic heterocycles. The number of piperazine rings is 1. The molecule has 0 N–H and O–H groups in total. The molecule has 0 radical (unpaired) electrons. The SMILES string of the molecule is CCOC(=O)CCCN1CCN(C)CC1.Cl.Cl. The van der Waals surface area contributed by atoms with Crippen molar-refractivity contribution in [2.24, 2.45) is 0 Å². The van der Waals surface area contributed by atoms with E-state index in [9.17, 15) is 4.79 Å². The van der Waals surface area contributed by atoms with E-state index in [-0.39, 0.29) is 30.8 Å². The lowest BCUT2D eigenvalue weighted by Crippen LogP contribution is -2.44. The summed E-state index contributed by atoms with van der Waals surface area (Å²) in [6.45, 7) is 7.88. The summed E-state index contributed by atoms with van der Waals surface area (Å²) in [7, 11) is 2.15. The molecule has 0 unspecified atom stereocenters. The average Bonchev–Trinajstić information content (AvgIpc) is 2.21. The van der Waals surface area contributed by atoms with Gasteiger partial charge in [-0.2, -0.15) is 0 Å². The zero-order valence-corrected chi connectivity index (χ0v) is 12.3. The molecular weight excluding hydrogens is 263 g/mol. The van der Waals surface area contributed by atoms with Gasteiger partial charge in [0.05, 0.1) is 6.61 Å². The third kappa shape index (κ3) is 8.66. The molecule has 0 atom stereocenters. The highest BCUT2D eigenvalue weighted by molar-refractivity contribution is 5.85. The van der Waals surface area contributed by atoms with E-state index in [1.807, 2.05) is 6.92 Å². The maximum atomic E-state index is 11.1. The fourth-order valence-corrected chi connectivity index (χ4v) is 1.75. The van der Waals surface area contributed by atoms with Gasteiger partial charge in [0.1, 0.15) is 0 Å². The Morgan fingerprint density at radius 2 is 1.76 bits per heavy atom. The Balaban J connectivity index is 0. The molecule has 6 heteroatoms. The Morgan fingerprint density at radius 3 is 2.29 bits per heavy atom. The van der Waals surface area contributed by atoms with Crippen LogP contribution in [0.4, 0.5) is 0 Å². The van der Waals surface area contributed by atoms with Gasteiger partial charge in [-0.05, 0) is 26.9 Å². The van der Waals surface area contributed by atoms with Crippen LogP contribution in [-0.2, 0) is 9.53 Å². The van der Waals surface area contributed by atoms with Crippen LogP contribution in [0.3, 0.4) is 0 Å². The Labute approximate surface area is 116 Å². The molecule has 104 valence electrons. The predicted octanol–water partition coefficient (Wildman–Crippen LogP) is 1.42. The molecule has 0 aromatic carbocycles. The highest BCUT2D eigenvalue weighted by Crippen LogP contribution is 2.02. The molecule has 0 amide bonds. The minimum absolute atomic E-state index is 0. The Bertz CT molecular complexity index is 198. The van der Waals surface area contributed by atoms with E-state index in [0.29, 0.717) is 13.0 Å². The first kappa shape index (κ1) is 19.3. The van der Waals surface area contributed by atoms with Crippen molar-refractivity contribution >= 4 is 30.8 Å². The van der Waals surface area contributed by atoms with E-state index >= 15 is 0 Å². The zero-order valence-electron chi connectivity index (χ0n) is 10.7. The van der Waals surface area contributed by atoms with Gasteiger partial charge in [-0.15, -0.1) is 24.8 Å². The summed E-state index contributed by atoms with van der Waals surface area (Å²) >= 11 is 0. The van der Waals surface area contributed by atoms with Crippen LogP contribution in [0.2, 0.25) is 0 Å². The van der Waals surface area contributed by atoms with Gasteiger partial charge in [-0.1, -0.05) is 0 Å². The van der Waals surface area contributed by atoms with Crippen LogP contribution in [0.15, 0.2) is 0 Å². The Morgan fingerprint density at radius 1 is 1.18 bits per heavy atom. The number of hydrogen-bond acceptors (Lipinski definition) is 4. The average molecular weight is 287 g/mol. The van der Waals surface area contributed by atoms with Gasteiger partial charge in [0, 0.05) is 32.6 Å². The van der Waals surface area contributed by atoms with Crippen molar-refractivity contribution < 1.29 is 9.53 Å². The van der Waals surface area contributed by atoms with Crippen molar-refractivity contribution in [1.82, 2.24) is 9.80 Å². The van der Waals surface area contributed by atoms with Crippen LogP contribution in [0.25, 0.3) is 0 Å². The number of halogens is 2.